The first-order valence-corrected chi connectivity index (χ1v) is 7.60. The van der Waals surface area contributed by atoms with Crippen LogP contribution in [0.25, 0.3) is 11.3 Å². The molecule has 6 nitrogen and oxygen atoms in total. The maximum atomic E-state index is 11.9. The summed E-state index contributed by atoms with van der Waals surface area (Å²) in [5.41, 5.74) is 1.58. The molecule has 1 saturated heterocycles. The summed E-state index contributed by atoms with van der Waals surface area (Å²) in [7, 11) is 0. The smallest absolute Gasteiger partial charge is 0.243 e. The molecule has 0 saturated carbocycles. The molecule has 1 amide bonds. The van der Waals surface area contributed by atoms with Gasteiger partial charge in [-0.1, -0.05) is 23.7 Å². The van der Waals surface area contributed by atoms with Crippen LogP contribution in [0, 0.1) is 0 Å². The molecule has 1 atom stereocenters. The number of rotatable bonds is 3. The van der Waals surface area contributed by atoms with Crippen molar-refractivity contribution in [2.45, 2.75) is 25.3 Å². The Morgan fingerprint density at radius 3 is 2.86 bits per heavy atom. The van der Waals surface area contributed by atoms with E-state index in [-0.39, 0.29) is 11.9 Å². The van der Waals surface area contributed by atoms with Gasteiger partial charge in [-0.2, -0.15) is 5.10 Å². The van der Waals surface area contributed by atoms with Gasteiger partial charge < -0.3 is 10.6 Å². The number of anilines is 1. The summed E-state index contributed by atoms with van der Waals surface area (Å²) in [6.45, 7) is 0.723. The zero-order valence-corrected chi connectivity index (χ0v) is 12.7. The third-order valence-electron chi connectivity index (χ3n) is 3.54. The van der Waals surface area contributed by atoms with Crippen LogP contribution in [-0.2, 0) is 4.79 Å². The SMILES string of the molecule is O=C1NCCCC[C@@H]1Nc1nncc(-c2ccc(Cl)cc2)n1. The third kappa shape index (κ3) is 3.51. The Morgan fingerprint density at radius 2 is 2.05 bits per heavy atom. The van der Waals surface area contributed by atoms with Crippen LogP contribution in [0.3, 0.4) is 0 Å². The van der Waals surface area contributed by atoms with E-state index < -0.39 is 0 Å². The molecule has 7 heteroatoms. The van der Waals surface area contributed by atoms with Crippen molar-refractivity contribution in [1.29, 1.82) is 0 Å². The molecule has 114 valence electrons. The van der Waals surface area contributed by atoms with Crippen LogP contribution < -0.4 is 10.6 Å². The molecule has 1 aromatic heterocycles. The van der Waals surface area contributed by atoms with Gasteiger partial charge in [0.2, 0.25) is 11.9 Å². The second-order valence-electron chi connectivity index (χ2n) is 5.16. The number of hydrogen-bond acceptors (Lipinski definition) is 5. The molecule has 0 bridgehead atoms. The lowest BCUT2D eigenvalue weighted by Crippen LogP contribution is -2.38. The maximum absolute atomic E-state index is 11.9. The Balaban J connectivity index is 1.78. The van der Waals surface area contributed by atoms with Crippen LogP contribution >= 0.6 is 11.6 Å². The van der Waals surface area contributed by atoms with Crippen molar-refractivity contribution in [2.24, 2.45) is 0 Å². The van der Waals surface area contributed by atoms with Gasteiger partial charge in [0, 0.05) is 17.1 Å². The predicted molar refractivity (Wildman–Crippen MR) is 84.5 cm³/mol. The van der Waals surface area contributed by atoms with Crippen LogP contribution in [-0.4, -0.2) is 33.7 Å². The van der Waals surface area contributed by atoms with Gasteiger partial charge in [-0.05, 0) is 31.4 Å². The number of halogens is 1. The van der Waals surface area contributed by atoms with Crippen LogP contribution in [0.4, 0.5) is 5.95 Å². The molecular formula is C15H16ClN5O. The van der Waals surface area contributed by atoms with Crippen LogP contribution in [0.2, 0.25) is 5.02 Å². The van der Waals surface area contributed by atoms with Crippen molar-refractivity contribution in [1.82, 2.24) is 20.5 Å². The number of aromatic nitrogens is 3. The zero-order valence-electron chi connectivity index (χ0n) is 11.9. The Hall–Kier alpha value is -2.21. The lowest BCUT2D eigenvalue weighted by molar-refractivity contribution is -0.121. The summed E-state index contributed by atoms with van der Waals surface area (Å²) in [6, 6.07) is 7.02. The van der Waals surface area contributed by atoms with E-state index in [1.54, 1.807) is 18.3 Å². The lowest BCUT2D eigenvalue weighted by Gasteiger charge is -2.14. The van der Waals surface area contributed by atoms with Gasteiger partial charge in [0.25, 0.3) is 0 Å². The van der Waals surface area contributed by atoms with Crippen molar-refractivity contribution in [3.05, 3.63) is 35.5 Å². The van der Waals surface area contributed by atoms with Gasteiger partial charge in [-0.15, -0.1) is 5.10 Å². The van der Waals surface area contributed by atoms with E-state index in [2.05, 4.69) is 25.8 Å². The van der Waals surface area contributed by atoms with Gasteiger partial charge in [0.15, 0.2) is 0 Å². The van der Waals surface area contributed by atoms with Crippen molar-refractivity contribution >= 4 is 23.5 Å². The molecule has 1 fully saturated rings. The fourth-order valence-electron chi connectivity index (χ4n) is 2.36. The number of nitrogens with one attached hydrogen (secondary N) is 2. The first-order valence-electron chi connectivity index (χ1n) is 7.22. The molecule has 0 unspecified atom stereocenters. The molecule has 0 aliphatic carbocycles. The van der Waals surface area contributed by atoms with E-state index in [0.29, 0.717) is 16.7 Å². The number of hydrogen-bond donors (Lipinski definition) is 2. The van der Waals surface area contributed by atoms with E-state index in [4.69, 9.17) is 11.6 Å². The van der Waals surface area contributed by atoms with E-state index in [9.17, 15) is 4.79 Å². The highest BCUT2D eigenvalue weighted by Crippen LogP contribution is 2.20. The molecule has 2 aromatic rings. The van der Waals surface area contributed by atoms with Crippen molar-refractivity contribution in [3.63, 3.8) is 0 Å². The van der Waals surface area contributed by atoms with Gasteiger partial charge in [-0.25, -0.2) is 4.98 Å². The minimum Gasteiger partial charge on any atom is -0.354 e. The lowest BCUT2D eigenvalue weighted by atomic mass is 10.1. The van der Waals surface area contributed by atoms with E-state index in [0.717, 1.165) is 31.4 Å². The number of nitrogens with zero attached hydrogens (tertiary/aromatic N) is 3. The Labute approximate surface area is 133 Å². The zero-order chi connectivity index (χ0) is 15.4. The number of amides is 1. The Bertz CT molecular complexity index is 661. The average molecular weight is 318 g/mol. The van der Waals surface area contributed by atoms with Crippen molar-refractivity contribution < 1.29 is 4.79 Å². The molecule has 1 aromatic carbocycles. The summed E-state index contributed by atoms with van der Waals surface area (Å²) in [6.07, 6.45) is 4.33. The van der Waals surface area contributed by atoms with Crippen LogP contribution in [0.5, 0.6) is 0 Å². The van der Waals surface area contributed by atoms with Gasteiger partial charge >= 0.3 is 0 Å². The number of benzene rings is 1. The highest BCUT2D eigenvalue weighted by molar-refractivity contribution is 6.30. The summed E-state index contributed by atoms with van der Waals surface area (Å²) in [5, 5.41) is 14.5. The maximum Gasteiger partial charge on any atom is 0.243 e. The molecule has 22 heavy (non-hydrogen) atoms. The second kappa shape index (κ2) is 6.70. The Morgan fingerprint density at radius 1 is 1.23 bits per heavy atom. The fourth-order valence-corrected chi connectivity index (χ4v) is 2.48. The summed E-state index contributed by atoms with van der Waals surface area (Å²) in [5.74, 6) is 0.340. The van der Waals surface area contributed by atoms with Crippen LogP contribution in [0.1, 0.15) is 19.3 Å². The minimum absolute atomic E-state index is 0.0157. The van der Waals surface area contributed by atoms with Crippen molar-refractivity contribution in [2.75, 3.05) is 11.9 Å². The molecule has 1 aliphatic heterocycles. The monoisotopic (exact) mass is 317 g/mol. The number of carbonyl (C=O) groups excluding carboxylic acids is 1. The van der Waals surface area contributed by atoms with Gasteiger partial charge in [0.1, 0.15) is 6.04 Å². The van der Waals surface area contributed by atoms with Gasteiger partial charge in [0.05, 0.1) is 11.9 Å². The third-order valence-corrected chi connectivity index (χ3v) is 3.79. The summed E-state index contributed by atoms with van der Waals surface area (Å²) < 4.78 is 0. The molecule has 1 aliphatic rings. The van der Waals surface area contributed by atoms with Gasteiger partial charge in [-0.3, -0.25) is 4.79 Å². The molecular weight excluding hydrogens is 302 g/mol. The summed E-state index contributed by atoms with van der Waals surface area (Å²) in [4.78, 5) is 16.4. The minimum atomic E-state index is -0.315. The molecule has 0 spiro atoms. The van der Waals surface area contributed by atoms with E-state index in [1.165, 1.54) is 0 Å². The Kier molecular flexibility index (Phi) is 4.48. The quantitative estimate of drug-likeness (QED) is 0.907. The summed E-state index contributed by atoms with van der Waals surface area (Å²) >= 11 is 5.89. The predicted octanol–water partition coefficient (Wildman–Crippen LogP) is 2.27. The normalized spacial score (nSPS) is 18.4. The fraction of sp³-hybridized carbons (Fsp3) is 0.333. The highest BCUT2D eigenvalue weighted by atomic mass is 35.5. The molecule has 0 radical (unpaired) electrons. The van der Waals surface area contributed by atoms with Crippen LogP contribution in [0.15, 0.2) is 30.5 Å². The van der Waals surface area contributed by atoms with E-state index >= 15 is 0 Å². The average Bonchev–Trinajstić information content (AvgIpc) is 2.73. The largest absolute Gasteiger partial charge is 0.354 e. The second-order valence-corrected chi connectivity index (χ2v) is 5.59. The number of carbonyl (C=O) groups is 1. The first kappa shape index (κ1) is 14.7. The first-order chi connectivity index (χ1) is 10.7. The standard InChI is InChI=1S/C15H16ClN5O/c16-11-6-4-10(5-7-11)13-9-18-21-15(20-13)19-12-3-1-2-8-17-14(12)22/h4-7,9,12H,1-3,8H2,(H,17,22)(H,19,20,21)/t12-/m0/s1. The highest BCUT2D eigenvalue weighted by Gasteiger charge is 2.21. The molecule has 3 rings (SSSR count). The topological polar surface area (TPSA) is 79.8 Å². The van der Waals surface area contributed by atoms with E-state index in [1.807, 2.05) is 12.1 Å². The molecule has 2 N–H and O–H groups in total. The van der Waals surface area contributed by atoms with Crippen molar-refractivity contribution in [3.8, 4) is 11.3 Å². The molecule has 2 heterocycles.